The van der Waals surface area contributed by atoms with Crippen LogP contribution < -0.4 is 5.73 Å². The Kier molecular flexibility index (Phi) is 3.10. The van der Waals surface area contributed by atoms with Crippen molar-refractivity contribution in [1.29, 1.82) is 0 Å². The summed E-state index contributed by atoms with van der Waals surface area (Å²) in [6.07, 6.45) is 1.96. The fourth-order valence-corrected chi connectivity index (χ4v) is 1.02. The Morgan fingerprint density at radius 1 is 1.62 bits per heavy atom. The predicted octanol–water partition coefficient (Wildman–Crippen LogP) is 1.08. The molecule has 70 valence electrons. The normalized spacial score (nSPS) is 9.92. The van der Waals surface area contributed by atoms with E-state index in [2.05, 4.69) is 30.8 Å². The zero-order valence-electron chi connectivity index (χ0n) is 8.33. The molecule has 0 saturated carbocycles. The van der Waals surface area contributed by atoms with Gasteiger partial charge in [-0.15, -0.1) is 0 Å². The standard InChI is InChI=1S/C10H15N3/c1-8(2)13-7-10(5-4-6-11)9(3)12-13/h7-8H,6,11H2,1-3H3. The number of nitrogens with two attached hydrogens (primary N) is 1. The van der Waals surface area contributed by atoms with E-state index in [1.54, 1.807) is 0 Å². The molecule has 0 spiro atoms. The van der Waals surface area contributed by atoms with Gasteiger partial charge in [-0.05, 0) is 20.8 Å². The molecule has 0 fully saturated rings. The van der Waals surface area contributed by atoms with E-state index in [0.29, 0.717) is 12.6 Å². The van der Waals surface area contributed by atoms with Crippen LogP contribution in [0.2, 0.25) is 0 Å². The van der Waals surface area contributed by atoms with Gasteiger partial charge in [-0.3, -0.25) is 4.68 Å². The molecule has 0 aliphatic heterocycles. The van der Waals surface area contributed by atoms with Gasteiger partial charge in [0.2, 0.25) is 0 Å². The SMILES string of the molecule is Cc1nn(C(C)C)cc1C#CCN. The first-order chi connectivity index (χ1) is 6.15. The maximum absolute atomic E-state index is 5.29. The van der Waals surface area contributed by atoms with Crippen LogP contribution in [-0.4, -0.2) is 16.3 Å². The van der Waals surface area contributed by atoms with Gasteiger partial charge < -0.3 is 5.73 Å². The van der Waals surface area contributed by atoms with Crippen LogP contribution >= 0.6 is 0 Å². The Morgan fingerprint density at radius 3 is 2.77 bits per heavy atom. The van der Waals surface area contributed by atoms with E-state index in [-0.39, 0.29) is 0 Å². The molecule has 0 aromatic carbocycles. The van der Waals surface area contributed by atoms with Gasteiger partial charge in [-0.1, -0.05) is 11.8 Å². The van der Waals surface area contributed by atoms with Gasteiger partial charge in [0.25, 0.3) is 0 Å². The molecule has 1 rings (SSSR count). The van der Waals surface area contributed by atoms with E-state index in [1.807, 2.05) is 17.8 Å². The topological polar surface area (TPSA) is 43.8 Å². The number of hydrogen-bond acceptors (Lipinski definition) is 2. The molecule has 1 heterocycles. The van der Waals surface area contributed by atoms with Crippen LogP contribution in [0.5, 0.6) is 0 Å². The zero-order chi connectivity index (χ0) is 9.84. The van der Waals surface area contributed by atoms with E-state index in [4.69, 9.17) is 5.73 Å². The van der Waals surface area contributed by atoms with Crippen LogP contribution in [0.25, 0.3) is 0 Å². The average molecular weight is 177 g/mol. The quantitative estimate of drug-likeness (QED) is 0.652. The molecular weight excluding hydrogens is 162 g/mol. The summed E-state index contributed by atoms with van der Waals surface area (Å²) in [7, 11) is 0. The van der Waals surface area contributed by atoms with Gasteiger partial charge in [0.1, 0.15) is 0 Å². The Hall–Kier alpha value is -1.27. The first-order valence-corrected chi connectivity index (χ1v) is 4.40. The van der Waals surface area contributed by atoms with Crippen LogP contribution in [-0.2, 0) is 0 Å². The van der Waals surface area contributed by atoms with Gasteiger partial charge in [0.05, 0.1) is 17.8 Å². The number of rotatable bonds is 1. The largest absolute Gasteiger partial charge is 0.320 e. The molecule has 0 atom stereocenters. The zero-order valence-corrected chi connectivity index (χ0v) is 8.33. The highest BCUT2D eigenvalue weighted by Crippen LogP contribution is 2.08. The van der Waals surface area contributed by atoms with E-state index >= 15 is 0 Å². The molecule has 3 nitrogen and oxygen atoms in total. The lowest BCUT2D eigenvalue weighted by atomic mass is 10.3. The lowest BCUT2D eigenvalue weighted by Crippen LogP contribution is -2.00. The second kappa shape index (κ2) is 4.11. The van der Waals surface area contributed by atoms with Crippen LogP contribution in [0.4, 0.5) is 0 Å². The molecule has 0 saturated heterocycles. The highest BCUT2D eigenvalue weighted by Gasteiger charge is 2.03. The van der Waals surface area contributed by atoms with Crippen molar-refractivity contribution in [2.45, 2.75) is 26.8 Å². The second-order valence-corrected chi connectivity index (χ2v) is 3.21. The lowest BCUT2D eigenvalue weighted by Gasteiger charge is -2.02. The third-order valence-corrected chi connectivity index (χ3v) is 1.77. The van der Waals surface area contributed by atoms with Crippen molar-refractivity contribution in [2.24, 2.45) is 5.73 Å². The van der Waals surface area contributed by atoms with Crippen LogP contribution in [0, 0.1) is 18.8 Å². The summed E-state index contributed by atoms with van der Waals surface area (Å²) in [6.45, 7) is 6.53. The molecule has 13 heavy (non-hydrogen) atoms. The van der Waals surface area contributed by atoms with Crippen LogP contribution in [0.1, 0.15) is 31.1 Å². The molecule has 3 heteroatoms. The number of aryl methyl sites for hydroxylation is 1. The summed E-state index contributed by atoms with van der Waals surface area (Å²) in [6, 6.07) is 0.382. The van der Waals surface area contributed by atoms with Crippen molar-refractivity contribution in [3.63, 3.8) is 0 Å². The molecular formula is C10H15N3. The summed E-state index contributed by atoms with van der Waals surface area (Å²) in [5.41, 5.74) is 7.23. The van der Waals surface area contributed by atoms with E-state index in [0.717, 1.165) is 11.3 Å². The monoisotopic (exact) mass is 177 g/mol. The first kappa shape index (κ1) is 9.82. The molecule has 0 aliphatic rings. The Balaban J connectivity index is 2.96. The Labute approximate surface area is 78.9 Å². The molecule has 0 bridgehead atoms. The van der Waals surface area contributed by atoms with E-state index in [9.17, 15) is 0 Å². The predicted molar refractivity (Wildman–Crippen MR) is 53.3 cm³/mol. The lowest BCUT2D eigenvalue weighted by molar-refractivity contribution is 0.529. The Bertz CT molecular complexity index is 339. The highest BCUT2D eigenvalue weighted by atomic mass is 15.3. The third-order valence-electron chi connectivity index (χ3n) is 1.77. The highest BCUT2D eigenvalue weighted by molar-refractivity contribution is 5.35. The van der Waals surface area contributed by atoms with Gasteiger partial charge in [-0.25, -0.2) is 0 Å². The summed E-state index contributed by atoms with van der Waals surface area (Å²) >= 11 is 0. The van der Waals surface area contributed by atoms with Crippen molar-refractivity contribution in [3.8, 4) is 11.8 Å². The molecule has 0 amide bonds. The van der Waals surface area contributed by atoms with Gasteiger partial charge >= 0.3 is 0 Å². The minimum absolute atomic E-state index is 0.382. The molecule has 1 aromatic rings. The smallest absolute Gasteiger partial charge is 0.0750 e. The maximum atomic E-state index is 5.29. The van der Waals surface area contributed by atoms with Crippen LogP contribution in [0.3, 0.4) is 0 Å². The number of nitrogens with zero attached hydrogens (tertiary/aromatic N) is 2. The fraction of sp³-hybridized carbons (Fsp3) is 0.500. The first-order valence-electron chi connectivity index (χ1n) is 4.40. The summed E-state index contributed by atoms with van der Waals surface area (Å²) in [5.74, 6) is 5.81. The molecule has 0 aliphatic carbocycles. The Morgan fingerprint density at radius 2 is 2.31 bits per heavy atom. The minimum Gasteiger partial charge on any atom is -0.320 e. The van der Waals surface area contributed by atoms with Crippen molar-refractivity contribution in [2.75, 3.05) is 6.54 Å². The van der Waals surface area contributed by atoms with Gasteiger partial charge in [-0.2, -0.15) is 5.10 Å². The summed E-state index contributed by atoms with van der Waals surface area (Å²) in [5, 5.41) is 4.34. The minimum atomic E-state index is 0.382. The van der Waals surface area contributed by atoms with Gasteiger partial charge in [0, 0.05) is 12.2 Å². The molecule has 1 aromatic heterocycles. The van der Waals surface area contributed by atoms with Gasteiger partial charge in [0.15, 0.2) is 0 Å². The molecule has 2 N–H and O–H groups in total. The maximum Gasteiger partial charge on any atom is 0.0750 e. The number of aromatic nitrogens is 2. The molecule has 0 radical (unpaired) electrons. The third kappa shape index (κ3) is 2.33. The van der Waals surface area contributed by atoms with Crippen molar-refractivity contribution in [3.05, 3.63) is 17.5 Å². The van der Waals surface area contributed by atoms with E-state index < -0.39 is 0 Å². The van der Waals surface area contributed by atoms with Crippen molar-refractivity contribution >= 4 is 0 Å². The second-order valence-electron chi connectivity index (χ2n) is 3.21. The van der Waals surface area contributed by atoms with E-state index in [1.165, 1.54) is 0 Å². The number of hydrogen-bond donors (Lipinski definition) is 1. The van der Waals surface area contributed by atoms with Crippen molar-refractivity contribution < 1.29 is 0 Å². The summed E-state index contributed by atoms with van der Waals surface area (Å²) in [4.78, 5) is 0. The average Bonchev–Trinajstić information content (AvgIpc) is 2.44. The summed E-state index contributed by atoms with van der Waals surface area (Å²) < 4.78 is 1.91. The van der Waals surface area contributed by atoms with Crippen molar-refractivity contribution in [1.82, 2.24) is 9.78 Å². The fourth-order valence-electron chi connectivity index (χ4n) is 1.02. The van der Waals surface area contributed by atoms with Crippen LogP contribution in [0.15, 0.2) is 6.20 Å². The molecule has 0 unspecified atom stereocenters.